The number of carbonyl (C=O) groups excluding carboxylic acids is 1. The highest BCUT2D eigenvalue weighted by molar-refractivity contribution is 5.85. The number of benzene rings is 1. The number of hydrogen-bond donors (Lipinski definition) is 0. The Labute approximate surface area is 119 Å². The molecule has 2 aromatic rings. The number of halogens is 3. The summed E-state index contributed by atoms with van der Waals surface area (Å²) < 4.78 is 42.1. The molecule has 0 aliphatic rings. The van der Waals surface area contributed by atoms with Gasteiger partial charge in [-0.2, -0.15) is 5.10 Å². The van der Waals surface area contributed by atoms with Gasteiger partial charge in [0.05, 0.1) is 5.56 Å². The summed E-state index contributed by atoms with van der Waals surface area (Å²) >= 11 is 0. The third-order valence-electron chi connectivity index (χ3n) is 2.76. The van der Waals surface area contributed by atoms with Crippen molar-refractivity contribution in [3.63, 3.8) is 0 Å². The molecule has 1 aromatic heterocycles. The van der Waals surface area contributed by atoms with Crippen LogP contribution in [0.3, 0.4) is 0 Å². The van der Waals surface area contributed by atoms with E-state index in [9.17, 15) is 18.0 Å². The third-order valence-corrected chi connectivity index (χ3v) is 2.76. The fraction of sp³-hybridized carbons (Fsp3) is 0.286. The van der Waals surface area contributed by atoms with Gasteiger partial charge < -0.3 is 4.74 Å². The number of rotatable bonds is 4. The maximum absolute atomic E-state index is 12.2. The largest absolute Gasteiger partial charge is 0.573 e. The van der Waals surface area contributed by atoms with Crippen molar-refractivity contribution in [3.05, 3.63) is 36.0 Å². The van der Waals surface area contributed by atoms with Gasteiger partial charge in [-0.25, -0.2) is 0 Å². The Morgan fingerprint density at radius 1 is 1.33 bits per heavy atom. The van der Waals surface area contributed by atoms with Crippen molar-refractivity contribution in [2.24, 2.45) is 0 Å². The first-order valence-electron chi connectivity index (χ1n) is 6.20. The minimum absolute atomic E-state index is 0.0343. The molecular weight excluding hydrogens is 285 g/mol. The zero-order valence-corrected chi connectivity index (χ0v) is 11.4. The van der Waals surface area contributed by atoms with Crippen LogP contribution in [0.4, 0.5) is 13.2 Å². The zero-order valence-electron chi connectivity index (χ0n) is 11.4. The first kappa shape index (κ1) is 15.1. The Balaban J connectivity index is 2.42. The first-order valence-corrected chi connectivity index (χ1v) is 6.20. The molecule has 1 aromatic carbocycles. The van der Waals surface area contributed by atoms with Crippen molar-refractivity contribution in [2.75, 3.05) is 0 Å². The molecule has 1 heterocycles. The molecule has 0 amide bonds. The first-order chi connectivity index (χ1) is 9.80. The van der Waals surface area contributed by atoms with E-state index in [0.29, 0.717) is 23.1 Å². The van der Waals surface area contributed by atoms with Crippen LogP contribution >= 0.6 is 0 Å². The quantitative estimate of drug-likeness (QED) is 0.805. The maximum atomic E-state index is 12.2. The van der Waals surface area contributed by atoms with Gasteiger partial charge in [0.1, 0.15) is 11.4 Å². The number of alkyl halides is 3. The van der Waals surface area contributed by atoms with Gasteiger partial charge in [0.25, 0.3) is 0 Å². The summed E-state index contributed by atoms with van der Waals surface area (Å²) in [6.07, 6.45) is -2.58. The lowest BCUT2D eigenvalue weighted by Gasteiger charge is -2.09. The van der Waals surface area contributed by atoms with Gasteiger partial charge >= 0.3 is 6.36 Å². The molecule has 0 spiro atoms. The second-order valence-electron chi connectivity index (χ2n) is 4.70. The van der Waals surface area contributed by atoms with E-state index in [1.54, 1.807) is 16.9 Å². The molecule has 112 valence electrons. The fourth-order valence-electron chi connectivity index (χ4n) is 1.82. The van der Waals surface area contributed by atoms with Gasteiger partial charge in [0.15, 0.2) is 6.29 Å². The maximum Gasteiger partial charge on any atom is 0.573 e. The molecule has 21 heavy (non-hydrogen) atoms. The third kappa shape index (κ3) is 3.62. The van der Waals surface area contributed by atoms with Crippen LogP contribution in [0.1, 0.15) is 30.2 Å². The number of hydrogen-bond acceptors (Lipinski definition) is 3. The molecule has 4 nitrogen and oxygen atoms in total. The van der Waals surface area contributed by atoms with Crippen molar-refractivity contribution in [2.45, 2.75) is 26.3 Å². The molecule has 0 saturated carbocycles. The van der Waals surface area contributed by atoms with E-state index in [2.05, 4.69) is 9.84 Å². The molecule has 7 heteroatoms. The van der Waals surface area contributed by atoms with E-state index < -0.39 is 6.36 Å². The van der Waals surface area contributed by atoms with Crippen LogP contribution in [0.2, 0.25) is 0 Å². The number of aldehydes is 1. The molecule has 2 rings (SSSR count). The minimum Gasteiger partial charge on any atom is -0.406 e. The predicted molar refractivity (Wildman–Crippen MR) is 70.1 cm³/mol. The van der Waals surface area contributed by atoms with Crippen LogP contribution in [0.15, 0.2) is 30.5 Å². The summed E-state index contributed by atoms with van der Waals surface area (Å²) in [5.41, 5.74) is 1.03. The Bertz CT molecular complexity index is 648. The second kappa shape index (κ2) is 5.59. The van der Waals surface area contributed by atoms with Crippen LogP contribution in [0, 0.1) is 0 Å². The standard InChI is InChI=1S/C14H13F3N2O2/c1-9(2)19-7-11(8-20)13(18-19)10-4-3-5-12(6-10)21-14(15,16)17/h3-9H,1-2H3. The van der Waals surface area contributed by atoms with Crippen molar-refractivity contribution >= 4 is 6.29 Å². The minimum atomic E-state index is -4.76. The van der Waals surface area contributed by atoms with Crippen molar-refractivity contribution < 1.29 is 22.7 Å². The number of ether oxygens (including phenoxy) is 1. The van der Waals surface area contributed by atoms with Gasteiger partial charge in [-0.05, 0) is 26.0 Å². The van der Waals surface area contributed by atoms with E-state index >= 15 is 0 Å². The van der Waals surface area contributed by atoms with Gasteiger partial charge in [-0.15, -0.1) is 13.2 Å². The zero-order chi connectivity index (χ0) is 15.6. The van der Waals surface area contributed by atoms with E-state index in [4.69, 9.17) is 0 Å². The highest BCUT2D eigenvalue weighted by Crippen LogP contribution is 2.29. The van der Waals surface area contributed by atoms with Crippen molar-refractivity contribution in [1.82, 2.24) is 9.78 Å². The van der Waals surface area contributed by atoms with Crippen molar-refractivity contribution in [1.29, 1.82) is 0 Å². The topological polar surface area (TPSA) is 44.1 Å². The van der Waals surface area contributed by atoms with Gasteiger partial charge in [0, 0.05) is 17.8 Å². The summed E-state index contributed by atoms with van der Waals surface area (Å²) in [6, 6.07) is 5.42. The smallest absolute Gasteiger partial charge is 0.406 e. The van der Waals surface area contributed by atoms with Crippen LogP contribution < -0.4 is 4.74 Å². The number of aromatic nitrogens is 2. The molecular formula is C14H13F3N2O2. The molecule has 0 fully saturated rings. The van der Waals surface area contributed by atoms with Gasteiger partial charge in [-0.1, -0.05) is 12.1 Å². The summed E-state index contributed by atoms with van der Waals surface area (Å²) in [5, 5.41) is 4.24. The van der Waals surface area contributed by atoms with Crippen LogP contribution in [-0.4, -0.2) is 22.4 Å². The lowest BCUT2D eigenvalue weighted by molar-refractivity contribution is -0.274. The molecule has 0 bridgehead atoms. The average Bonchev–Trinajstić information content (AvgIpc) is 2.81. The Morgan fingerprint density at radius 3 is 2.62 bits per heavy atom. The molecule has 0 aliphatic heterocycles. The van der Waals surface area contributed by atoms with Crippen LogP contribution in [-0.2, 0) is 0 Å². The molecule has 0 N–H and O–H groups in total. The molecule has 0 aliphatic carbocycles. The molecule has 0 atom stereocenters. The van der Waals surface area contributed by atoms with E-state index in [-0.39, 0.29) is 11.8 Å². The second-order valence-corrected chi connectivity index (χ2v) is 4.70. The predicted octanol–water partition coefficient (Wildman–Crippen LogP) is 3.84. The van der Waals surface area contributed by atoms with Crippen LogP contribution in [0.5, 0.6) is 5.75 Å². The number of carbonyl (C=O) groups is 1. The van der Waals surface area contributed by atoms with Gasteiger partial charge in [0.2, 0.25) is 0 Å². The van der Waals surface area contributed by atoms with E-state index in [0.717, 1.165) is 0 Å². The Kier molecular flexibility index (Phi) is 4.02. The summed E-state index contributed by atoms with van der Waals surface area (Å²) in [5.74, 6) is -0.351. The van der Waals surface area contributed by atoms with E-state index in [1.165, 1.54) is 18.2 Å². The lowest BCUT2D eigenvalue weighted by Crippen LogP contribution is -2.17. The fourth-order valence-corrected chi connectivity index (χ4v) is 1.82. The van der Waals surface area contributed by atoms with E-state index in [1.807, 2.05) is 13.8 Å². The summed E-state index contributed by atoms with van der Waals surface area (Å²) in [6.45, 7) is 3.77. The SMILES string of the molecule is CC(C)n1cc(C=O)c(-c2cccc(OC(F)(F)F)c2)n1. The van der Waals surface area contributed by atoms with Gasteiger partial charge in [-0.3, -0.25) is 9.48 Å². The summed E-state index contributed by atoms with van der Waals surface area (Å²) in [4.78, 5) is 11.1. The normalized spacial score (nSPS) is 11.7. The average molecular weight is 298 g/mol. The van der Waals surface area contributed by atoms with Crippen molar-refractivity contribution in [3.8, 4) is 17.0 Å². The monoisotopic (exact) mass is 298 g/mol. The lowest BCUT2D eigenvalue weighted by atomic mass is 10.1. The Morgan fingerprint density at radius 2 is 2.05 bits per heavy atom. The molecule has 0 saturated heterocycles. The molecule has 0 unspecified atom stereocenters. The van der Waals surface area contributed by atoms with Crippen LogP contribution in [0.25, 0.3) is 11.3 Å². The highest BCUT2D eigenvalue weighted by Gasteiger charge is 2.31. The summed E-state index contributed by atoms with van der Waals surface area (Å²) in [7, 11) is 0. The Hall–Kier alpha value is -2.31. The highest BCUT2D eigenvalue weighted by atomic mass is 19.4. The number of nitrogens with zero attached hydrogens (tertiary/aromatic N) is 2. The molecule has 0 radical (unpaired) electrons.